The second-order valence-corrected chi connectivity index (χ2v) is 5.62. The number of fused-ring (bicyclic) bond motifs is 3. The van der Waals surface area contributed by atoms with E-state index in [1.807, 2.05) is 0 Å². The molecule has 142 valence electrons. The number of rotatable bonds is 1. The number of alkyl halides is 6. The molecule has 0 spiro atoms. The van der Waals surface area contributed by atoms with Crippen molar-refractivity contribution in [3.8, 4) is 17.5 Å². The Morgan fingerprint density at radius 2 is 1.79 bits per heavy atom. The van der Waals surface area contributed by atoms with E-state index >= 15 is 0 Å². The second kappa shape index (κ2) is 5.69. The predicted octanol–water partition coefficient (Wildman–Crippen LogP) is 4.45. The van der Waals surface area contributed by atoms with Gasteiger partial charge in [-0.05, 0) is 18.2 Å². The van der Waals surface area contributed by atoms with E-state index in [2.05, 4.69) is 15.0 Å². The van der Waals surface area contributed by atoms with Crippen molar-refractivity contribution in [2.45, 2.75) is 12.4 Å². The Balaban J connectivity index is 2.08. The van der Waals surface area contributed by atoms with Crippen LogP contribution in [0.2, 0.25) is 0 Å². The van der Waals surface area contributed by atoms with Crippen LogP contribution < -0.4 is 0 Å². The van der Waals surface area contributed by atoms with E-state index in [1.165, 1.54) is 6.07 Å². The van der Waals surface area contributed by atoms with Gasteiger partial charge in [-0.2, -0.15) is 31.6 Å². The maximum atomic E-state index is 13.3. The number of oxazole rings is 1. The lowest BCUT2D eigenvalue weighted by molar-refractivity contribution is -0.144. The summed E-state index contributed by atoms with van der Waals surface area (Å²) < 4.78 is 85.3. The fourth-order valence-corrected chi connectivity index (χ4v) is 2.73. The lowest BCUT2D eigenvalue weighted by Crippen LogP contribution is -2.14. The minimum absolute atomic E-state index is 0.00863. The van der Waals surface area contributed by atoms with Crippen molar-refractivity contribution >= 4 is 16.7 Å². The van der Waals surface area contributed by atoms with Gasteiger partial charge >= 0.3 is 12.4 Å². The zero-order valence-corrected chi connectivity index (χ0v) is 13.3. The Labute approximate surface area is 150 Å². The molecule has 0 aromatic carbocycles. The van der Waals surface area contributed by atoms with Gasteiger partial charge in [0.25, 0.3) is 0 Å². The van der Waals surface area contributed by atoms with Crippen LogP contribution in [0, 0.1) is 11.3 Å². The monoisotopic (exact) mass is 397 g/mol. The first kappa shape index (κ1) is 17.8. The van der Waals surface area contributed by atoms with Crippen LogP contribution in [0.1, 0.15) is 17.0 Å². The average molecular weight is 397 g/mol. The van der Waals surface area contributed by atoms with Gasteiger partial charge in [0.1, 0.15) is 28.8 Å². The predicted molar refractivity (Wildman–Crippen MR) is 80.7 cm³/mol. The van der Waals surface area contributed by atoms with E-state index in [-0.39, 0.29) is 28.9 Å². The van der Waals surface area contributed by atoms with Crippen LogP contribution in [0.3, 0.4) is 0 Å². The van der Waals surface area contributed by atoms with Crippen molar-refractivity contribution in [3.05, 3.63) is 47.7 Å². The smallest absolute Gasteiger partial charge is 0.433 e. The molecule has 0 saturated heterocycles. The number of hydrogen-bond acceptors (Lipinski definition) is 5. The minimum atomic E-state index is -5.08. The van der Waals surface area contributed by atoms with Crippen molar-refractivity contribution in [2.24, 2.45) is 0 Å². The molecule has 4 aromatic heterocycles. The lowest BCUT2D eigenvalue weighted by Gasteiger charge is -2.14. The molecule has 0 atom stereocenters. The molecule has 0 bridgehead atoms. The Morgan fingerprint density at radius 3 is 2.43 bits per heavy atom. The molecule has 4 rings (SSSR count). The van der Waals surface area contributed by atoms with Crippen LogP contribution in [0.15, 0.2) is 35.2 Å². The maximum absolute atomic E-state index is 13.3. The molecule has 0 amide bonds. The lowest BCUT2D eigenvalue weighted by atomic mass is 10.1. The molecule has 4 aromatic rings. The summed E-state index contributed by atoms with van der Waals surface area (Å²) >= 11 is 0. The van der Waals surface area contributed by atoms with Crippen molar-refractivity contribution in [1.29, 1.82) is 5.26 Å². The summed E-state index contributed by atoms with van der Waals surface area (Å²) in [5, 5.41) is 8.47. The van der Waals surface area contributed by atoms with Gasteiger partial charge in [0.2, 0.25) is 0 Å². The van der Waals surface area contributed by atoms with Gasteiger partial charge in [0, 0.05) is 11.6 Å². The number of pyridine rings is 2. The van der Waals surface area contributed by atoms with E-state index in [0.29, 0.717) is 0 Å². The van der Waals surface area contributed by atoms with E-state index in [4.69, 9.17) is 9.68 Å². The zero-order chi connectivity index (χ0) is 20.3. The summed E-state index contributed by atoms with van der Waals surface area (Å²) in [6, 6.07) is 3.90. The number of nitriles is 1. The van der Waals surface area contributed by atoms with Crippen molar-refractivity contribution in [3.63, 3.8) is 0 Å². The SMILES string of the molecule is N#Cc1ncoc1-c1cn2c(ccc3c(C(F)(F)F)cc(C(F)(F)F)nc32)n1. The summed E-state index contributed by atoms with van der Waals surface area (Å²) in [6.07, 6.45) is -8.01. The van der Waals surface area contributed by atoms with E-state index < -0.39 is 34.6 Å². The molecule has 0 fully saturated rings. The van der Waals surface area contributed by atoms with Crippen LogP contribution in [0.5, 0.6) is 0 Å². The van der Waals surface area contributed by atoms with Crippen LogP contribution in [0.25, 0.3) is 28.1 Å². The van der Waals surface area contributed by atoms with E-state index in [1.54, 1.807) is 6.07 Å². The highest BCUT2D eigenvalue weighted by Gasteiger charge is 2.39. The first-order valence-electron chi connectivity index (χ1n) is 7.41. The summed E-state index contributed by atoms with van der Waals surface area (Å²) in [4.78, 5) is 11.1. The normalized spacial score (nSPS) is 12.6. The molecule has 0 aliphatic heterocycles. The number of aromatic nitrogens is 4. The third-order valence-electron chi connectivity index (χ3n) is 3.90. The molecule has 0 aliphatic rings. The quantitative estimate of drug-likeness (QED) is 0.444. The summed E-state index contributed by atoms with van der Waals surface area (Å²) in [7, 11) is 0. The molecule has 12 heteroatoms. The van der Waals surface area contributed by atoms with Gasteiger partial charge in [-0.1, -0.05) is 0 Å². The van der Waals surface area contributed by atoms with Crippen LogP contribution >= 0.6 is 0 Å². The van der Waals surface area contributed by atoms with Gasteiger partial charge in [0.05, 0.1) is 5.56 Å². The van der Waals surface area contributed by atoms with Gasteiger partial charge in [-0.15, -0.1) is 0 Å². The zero-order valence-electron chi connectivity index (χ0n) is 13.3. The fourth-order valence-electron chi connectivity index (χ4n) is 2.73. The standard InChI is InChI=1S/C16H5F6N5O/c17-15(18,19)8-3-11(16(20,21)22)26-14-7(8)1-2-12-25-10(5-27(12)14)13-9(4-23)24-6-28-13/h1-3,5-6H. The fraction of sp³-hybridized carbons (Fsp3) is 0.125. The first-order chi connectivity index (χ1) is 13.1. The Kier molecular flexibility index (Phi) is 3.61. The largest absolute Gasteiger partial charge is 0.440 e. The Bertz CT molecular complexity index is 1260. The van der Waals surface area contributed by atoms with Gasteiger partial charge in [0.15, 0.2) is 17.8 Å². The average Bonchev–Trinajstić information content (AvgIpc) is 3.24. The topological polar surface area (TPSA) is 80.0 Å². The molecule has 4 heterocycles. The number of hydrogen-bond donors (Lipinski definition) is 0. The van der Waals surface area contributed by atoms with Crippen LogP contribution in [0.4, 0.5) is 26.3 Å². The Hall–Kier alpha value is -3.62. The first-order valence-corrected chi connectivity index (χ1v) is 7.41. The van der Waals surface area contributed by atoms with E-state index in [0.717, 1.165) is 23.1 Å². The third-order valence-corrected chi connectivity index (χ3v) is 3.90. The second-order valence-electron chi connectivity index (χ2n) is 5.62. The number of nitrogens with zero attached hydrogens (tertiary/aromatic N) is 5. The molecule has 0 aliphatic carbocycles. The van der Waals surface area contributed by atoms with Crippen molar-refractivity contribution < 1.29 is 30.8 Å². The van der Waals surface area contributed by atoms with Gasteiger partial charge in [-0.25, -0.2) is 15.0 Å². The van der Waals surface area contributed by atoms with Crippen molar-refractivity contribution in [2.75, 3.05) is 0 Å². The number of imidazole rings is 1. The summed E-state index contributed by atoms with van der Waals surface area (Å²) in [6.45, 7) is 0. The molecular formula is C16H5F6N5O. The molecule has 6 nitrogen and oxygen atoms in total. The number of halogens is 6. The third kappa shape index (κ3) is 2.72. The summed E-state index contributed by atoms with van der Waals surface area (Å²) in [5.74, 6) is -0.0672. The minimum Gasteiger partial charge on any atom is -0.440 e. The highest BCUT2D eigenvalue weighted by molar-refractivity contribution is 5.83. The molecule has 28 heavy (non-hydrogen) atoms. The maximum Gasteiger partial charge on any atom is 0.433 e. The molecular weight excluding hydrogens is 392 g/mol. The van der Waals surface area contributed by atoms with E-state index in [9.17, 15) is 26.3 Å². The van der Waals surface area contributed by atoms with Gasteiger partial charge in [-0.3, -0.25) is 4.40 Å². The molecule has 0 unspecified atom stereocenters. The van der Waals surface area contributed by atoms with Gasteiger partial charge < -0.3 is 4.42 Å². The van der Waals surface area contributed by atoms with Crippen LogP contribution in [-0.2, 0) is 12.4 Å². The molecule has 0 saturated carbocycles. The summed E-state index contributed by atoms with van der Waals surface area (Å²) in [5.41, 5.74) is -3.85. The highest BCUT2D eigenvalue weighted by Crippen LogP contribution is 2.39. The van der Waals surface area contributed by atoms with Crippen molar-refractivity contribution in [1.82, 2.24) is 19.4 Å². The highest BCUT2D eigenvalue weighted by atomic mass is 19.4. The molecule has 0 radical (unpaired) electrons. The molecule has 0 N–H and O–H groups in total. The van der Waals surface area contributed by atoms with Crippen LogP contribution in [-0.4, -0.2) is 19.4 Å². The Morgan fingerprint density at radius 1 is 1.04 bits per heavy atom.